The van der Waals surface area contributed by atoms with Crippen molar-refractivity contribution in [2.24, 2.45) is 0 Å². The molecule has 0 radical (unpaired) electrons. The predicted molar refractivity (Wildman–Crippen MR) is 61.5 cm³/mol. The lowest BCUT2D eigenvalue weighted by Gasteiger charge is -2.24. The van der Waals surface area contributed by atoms with E-state index in [9.17, 15) is 4.79 Å². The Kier molecular flexibility index (Phi) is 3.36. The van der Waals surface area contributed by atoms with Crippen molar-refractivity contribution in [2.45, 2.75) is 19.4 Å². The molecule has 4 heteroatoms. The van der Waals surface area contributed by atoms with Crippen molar-refractivity contribution in [1.82, 2.24) is 4.90 Å². The first kappa shape index (κ1) is 10.3. The number of thiophene rings is 1. The van der Waals surface area contributed by atoms with E-state index < -0.39 is 0 Å². The van der Waals surface area contributed by atoms with Crippen LogP contribution in [0.15, 0.2) is 15.9 Å². The van der Waals surface area contributed by atoms with Crippen LogP contribution in [-0.4, -0.2) is 23.8 Å². The number of Topliss-reactive ketones (excluding diaryl/α,β-unsaturated/α-hetero) is 1. The summed E-state index contributed by atoms with van der Waals surface area (Å²) in [5, 5.41) is 0. The molecule has 1 aromatic rings. The van der Waals surface area contributed by atoms with Crippen LogP contribution in [-0.2, 0) is 11.3 Å². The van der Waals surface area contributed by atoms with E-state index in [4.69, 9.17) is 0 Å². The van der Waals surface area contributed by atoms with E-state index in [-0.39, 0.29) is 0 Å². The molecule has 2 nitrogen and oxygen atoms in total. The van der Waals surface area contributed by atoms with E-state index in [1.165, 1.54) is 4.88 Å². The molecular formula is C10H12BrNOS. The first-order valence-electron chi connectivity index (χ1n) is 4.72. The molecule has 0 aromatic carbocycles. The number of carbonyl (C=O) groups excluding carboxylic acids is 1. The van der Waals surface area contributed by atoms with Gasteiger partial charge in [-0.15, -0.1) is 11.3 Å². The number of halogens is 1. The van der Waals surface area contributed by atoms with Crippen LogP contribution < -0.4 is 0 Å². The van der Waals surface area contributed by atoms with Crippen LogP contribution in [0.25, 0.3) is 0 Å². The smallest absolute Gasteiger partial charge is 0.146 e. The maximum atomic E-state index is 11.2. The van der Waals surface area contributed by atoms with E-state index in [0.717, 1.165) is 29.7 Å². The fraction of sp³-hybridized carbons (Fsp3) is 0.500. The lowest BCUT2D eigenvalue weighted by atomic mass is 10.1. The average Bonchev–Trinajstić information content (AvgIpc) is 2.51. The largest absolute Gasteiger partial charge is 0.298 e. The van der Waals surface area contributed by atoms with Crippen LogP contribution in [0.2, 0.25) is 0 Å². The van der Waals surface area contributed by atoms with Crippen molar-refractivity contribution >= 4 is 33.0 Å². The van der Waals surface area contributed by atoms with Gasteiger partial charge in [-0.2, -0.15) is 0 Å². The Morgan fingerprint density at radius 1 is 1.50 bits per heavy atom. The number of ketones is 1. The van der Waals surface area contributed by atoms with Crippen molar-refractivity contribution < 1.29 is 4.79 Å². The standard InChI is InChI=1S/C10H12BrNOS/c11-10-4-3-9(14-10)7-12-5-1-2-8(13)6-12/h3-4H,1-2,5-7H2. The van der Waals surface area contributed by atoms with E-state index in [0.29, 0.717) is 12.3 Å². The highest BCUT2D eigenvalue weighted by Crippen LogP contribution is 2.23. The van der Waals surface area contributed by atoms with Gasteiger partial charge in [-0.25, -0.2) is 0 Å². The third-order valence-electron chi connectivity index (χ3n) is 2.34. The highest BCUT2D eigenvalue weighted by atomic mass is 79.9. The van der Waals surface area contributed by atoms with Gasteiger partial charge in [0.2, 0.25) is 0 Å². The van der Waals surface area contributed by atoms with Gasteiger partial charge in [0.15, 0.2) is 0 Å². The molecule has 1 aromatic heterocycles. The molecule has 0 unspecified atom stereocenters. The molecule has 1 saturated heterocycles. The number of rotatable bonds is 2. The summed E-state index contributed by atoms with van der Waals surface area (Å²) in [5.74, 6) is 0.381. The molecule has 0 saturated carbocycles. The van der Waals surface area contributed by atoms with Crippen LogP contribution in [0.1, 0.15) is 17.7 Å². The fourth-order valence-electron chi connectivity index (χ4n) is 1.70. The quantitative estimate of drug-likeness (QED) is 0.826. The van der Waals surface area contributed by atoms with Crippen LogP contribution >= 0.6 is 27.3 Å². The van der Waals surface area contributed by atoms with Crippen molar-refractivity contribution in [1.29, 1.82) is 0 Å². The molecule has 76 valence electrons. The third kappa shape index (κ3) is 2.65. The van der Waals surface area contributed by atoms with Crippen LogP contribution in [0, 0.1) is 0 Å². The van der Waals surface area contributed by atoms with Crippen LogP contribution in [0.4, 0.5) is 0 Å². The Labute approximate surface area is 96.0 Å². The molecule has 2 rings (SSSR count). The SMILES string of the molecule is O=C1CCCN(Cc2ccc(Br)s2)C1. The summed E-state index contributed by atoms with van der Waals surface area (Å²) < 4.78 is 1.16. The number of nitrogens with zero attached hydrogens (tertiary/aromatic N) is 1. The minimum Gasteiger partial charge on any atom is -0.298 e. The molecular weight excluding hydrogens is 262 g/mol. The van der Waals surface area contributed by atoms with Crippen molar-refractivity contribution in [2.75, 3.05) is 13.1 Å². The van der Waals surface area contributed by atoms with Crippen LogP contribution in [0.5, 0.6) is 0 Å². The predicted octanol–water partition coefficient (Wildman–Crippen LogP) is 2.68. The second-order valence-electron chi connectivity index (χ2n) is 3.56. The molecule has 0 aliphatic carbocycles. The monoisotopic (exact) mass is 273 g/mol. The molecule has 0 spiro atoms. The zero-order valence-corrected chi connectivity index (χ0v) is 10.2. The Balaban J connectivity index is 1.93. The van der Waals surface area contributed by atoms with Gasteiger partial charge in [0.25, 0.3) is 0 Å². The summed E-state index contributed by atoms with van der Waals surface area (Å²) in [6, 6.07) is 4.18. The summed E-state index contributed by atoms with van der Waals surface area (Å²) >= 11 is 5.19. The van der Waals surface area contributed by atoms with E-state index in [1.807, 2.05) is 0 Å². The van der Waals surface area contributed by atoms with Gasteiger partial charge in [0, 0.05) is 17.8 Å². The lowest BCUT2D eigenvalue weighted by Crippen LogP contribution is -2.34. The second-order valence-corrected chi connectivity index (χ2v) is 6.11. The fourth-order valence-corrected chi connectivity index (χ4v) is 3.23. The molecule has 1 aliphatic rings. The summed E-state index contributed by atoms with van der Waals surface area (Å²) in [6.45, 7) is 2.61. The van der Waals surface area contributed by atoms with Gasteiger partial charge in [0.1, 0.15) is 5.78 Å². The number of hydrogen-bond donors (Lipinski definition) is 0. The molecule has 0 N–H and O–H groups in total. The summed E-state index contributed by atoms with van der Waals surface area (Å²) in [7, 11) is 0. The average molecular weight is 274 g/mol. The van der Waals surface area contributed by atoms with Crippen molar-refractivity contribution in [3.8, 4) is 0 Å². The summed E-state index contributed by atoms with van der Waals surface area (Å²) in [5.41, 5.74) is 0. The number of piperidine rings is 1. The van der Waals surface area contributed by atoms with E-state index in [1.54, 1.807) is 11.3 Å². The number of hydrogen-bond acceptors (Lipinski definition) is 3. The van der Waals surface area contributed by atoms with Gasteiger partial charge in [-0.3, -0.25) is 9.69 Å². The highest BCUT2D eigenvalue weighted by Gasteiger charge is 2.16. The van der Waals surface area contributed by atoms with E-state index >= 15 is 0 Å². The first-order valence-corrected chi connectivity index (χ1v) is 6.33. The van der Waals surface area contributed by atoms with Gasteiger partial charge in [0.05, 0.1) is 10.3 Å². The summed E-state index contributed by atoms with van der Waals surface area (Å²) in [4.78, 5) is 14.8. The zero-order valence-electron chi connectivity index (χ0n) is 7.83. The van der Waals surface area contributed by atoms with Gasteiger partial charge in [-0.05, 0) is 41.0 Å². The van der Waals surface area contributed by atoms with Crippen molar-refractivity contribution in [3.63, 3.8) is 0 Å². The molecule has 0 bridgehead atoms. The number of likely N-dealkylation sites (tertiary alicyclic amines) is 1. The van der Waals surface area contributed by atoms with Gasteiger partial charge >= 0.3 is 0 Å². The number of carbonyl (C=O) groups is 1. The molecule has 0 amide bonds. The maximum Gasteiger partial charge on any atom is 0.146 e. The first-order chi connectivity index (χ1) is 6.74. The molecule has 2 heterocycles. The zero-order chi connectivity index (χ0) is 9.97. The minimum absolute atomic E-state index is 0.381. The Morgan fingerprint density at radius 3 is 3.00 bits per heavy atom. The highest BCUT2D eigenvalue weighted by molar-refractivity contribution is 9.11. The van der Waals surface area contributed by atoms with Gasteiger partial charge in [-0.1, -0.05) is 0 Å². The topological polar surface area (TPSA) is 20.3 Å². The Hall–Kier alpha value is -0.190. The maximum absolute atomic E-state index is 11.2. The normalized spacial score (nSPS) is 18.8. The molecule has 0 atom stereocenters. The molecule has 1 fully saturated rings. The molecule has 1 aliphatic heterocycles. The minimum atomic E-state index is 0.381. The Bertz CT molecular complexity index is 337. The van der Waals surface area contributed by atoms with Crippen LogP contribution in [0.3, 0.4) is 0 Å². The van der Waals surface area contributed by atoms with Crippen molar-refractivity contribution in [3.05, 3.63) is 20.8 Å². The molecule has 14 heavy (non-hydrogen) atoms. The third-order valence-corrected chi connectivity index (χ3v) is 3.95. The summed E-state index contributed by atoms with van der Waals surface area (Å²) in [6.07, 6.45) is 1.79. The Morgan fingerprint density at radius 2 is 2.36 bits per heavy atom. The lowest BCUT2D eigenvalue weighted by molar-refractivity contribution is -0.122. The van der Waals surface area contributed by atoms with Gasteiger partial charge < -0.3 is 0 Å². The van der Waals surface area contributed by atoms with E-state index in [2.05, 4.69) is 33.0 Å². The second kappa shape index (κ2) is 4.55.